The molecule has 2 atom stereocenters. The van der Waals surface area contributed by atoms with Gasteiger partial charge in [0.25, 0.3) is 0 Å². The minimum atomic E-state index is 0.0440. The van der Waals surface area contributed by atoms with Gasteiger partial charge in [-0.1, -0.05) is 248 Å². The van der Waals surface area contributed by atoms with Gasteiger partial charge in [0.2, 0.25) is 0 Å². The molecule has 2 unspecified atom stereocenters. The molecule has 0 bridgehead atoms. The minimum absolute atomic E-state index is 0.0440. The Hall–Kier alpha value is -7.04. The summed E-state index contributed by atoms with van der Waals surface area (Å²) < 4.78 is 12.8. The molecule has 0 aliphatic heterocycles. The van der Waals surface area contributed by atoms with Gasteiger partial charge in [-0.15, -0.1) is 0 Å². The number of unbranched alkanes of at least 4 members (excludes halogenated alkanes) is 12. The first-order valence-corrected chi connectivity index (χ1v) is 33.6. The smallest absolute Gasteiger partial charge is 0.119 e. The van der Waals surface area contributed by atoms with Crippen LogP contribution in [0.5, 0.6) is 11.5 Å². The van der Waals surface area contributed by atoms with Gasteiger partial charge in [0.1, 0.15) is 11.5 Å². The molecule has 8 aromatic rings. The Morgan fingerprint density at radius 1 is 0.318 bits per heavy atom. The summed E-state index contributed by atoms with van der Waals surface area (Å²) in [4.78, 5) is 4.72. The molecule has 0 spiro atoms. The normalized spacial score (nSPS) is 13.0. The van der Waals surface area contributed by atoms with Gasteiger partial charge in [-0.05, 0) is 185 Å². The van der Waals surface area contributed by atoms with E-state index in [0.29, 0.717) is 11.8 Å². The maximum Gasteiger partial charge on any atom is 0.119 e. The van der Waals surface area contributed by atoms with Crippen molar-refractivity contribution >= 4 is 34.1 Å². The van der Waals surface area contributed by atoms with E-state index >= 15 is 0 Å². The van der Waals surface area contributed by atoms with Crippen molar-refractivity contribution in [2.24, 2.45) is 11.8 Å². The van der Waals surface area contributed by atoms with Gasteiger partial charge >= 0.3 is 0 Å². The summed E-state index contributed by atoms with van der Waals surface area (Å²) in [5, 5.41) is 0. The average molecular weight is 1130 g/mol. The molecule has 0 radical (unpaired) electrons. The molecule has 85 heavy (non-hydrogen) atoms. The lowest BCUT2D eigenvalue weighted by atomic mass is 9.70. The van der Waals surface area contributed by atoms with Crippen LogP contribution in [0.2, 0.25) is 0 Å². The van der Waals surface area contributed by atoms with Crippen molar-refractivity contribution in [2.45, 2.75) is 188 Å². The van der Waals surface area contributed by atoms with Gasteiger partial charge in [-0.2, -0.15) is 0 Å². The second-order valence-corrected chi connectivity index (χ2v) is 24.5. The Bertz CT molecular complexity index is 3170. The van der Waals surface area contributed by atoms with E-state index < -0.39 is 0 Å². The Labute approximate surface area is 514 Å². The number of hydrogen-bond acceptors (Lipinski definition) is 4. The third kappa shape index (κ3) is 16.3. The third-order valence-electron chi connectivity index (χ3n) is 18.5. The highest BCUT2D eigenvalue weighted by Gasteiger charge is 2.42. The third-order valence-corrected chi connectivity index (χ3v) is 18.5. The van der Waals surface area contributed by atoms with E-state index in [2.05, 4.69) is 245 Å². The molecule has 1 aliphatic carbocycles. The highest BCUT2D eigenvalue weighted by Crippen LogP contribution is 2.55. The Kier molecular flexibility index (Phi) is 23.9. The fraction of sp³-hybridized carbons (Fsp3) is 0.407. The molecule has 4 nitrogen and oxygen atoms in total. The Morgan fingerprint density at radius 3 is 1.11 bits per heavy atom. The molecule has 1 aliphatic rings. The molecule has 0 saturated carbocycles. The second-order valence-electron chi connectivity index (χ2n) is 24.5. The molecule has 9 rings (SSSR count). The van der Waals surface area contributed by atoms with Gasteiger partial charge in [0, 0.05) is 39.5 Å². The lowest BCUT2D eigenvalue weighted by molar-refractivity contribution is 0.233. The molecule has 4 heteroatoms. The van der Waals surface area contributed by atoms with Crippen molar-refractivity contribution in [1.29, 1.82) is 0 Å². The number of anilines is 6. The topological polar surface area (TPSA) is 24.9 Å². The van der Waals surface area contributed by atoms with Crippen LogP contribution in [0, 0.1) is 11.8 Å². The standard InChI is InChI=1S/C81H100N2O2/c1-7-13-17-19-21-28-58-81(59-29-22-20-18-14-8-2)79-35-27-26-34-77(79)78-57-42-68(60-80(78)81)67-40-47-72(48-41-67)83(74-51-55-76(56-52-74)85-62-64(12-6)31-16-10-4)71-45-38-66(39-46-71)65-36-43-70(44-37-65)82(69-32-24-23-25-33-69)73-49-53-75(54-50-73)84-61-63(11-5)30-15-9-3/h23-27,32-57,60,63-64H,7-22,28-31,58-59,61-62H2,1-6H3. The van der Waals surface area contributed by atoms with Crippen LogP contribution < -0.4 is 19.3 Å². The van der Waals surface area contributed by atoms with Crippen molar-refractivity contribution < 1.29 is 9.47 Å². The predicted octanol–water partition coefficient (Wildman–Crippen LogP) is 24.9. The maximum absolute atomic E-state index is 6.46. The quantitative estimate of drug-likeness (QED) is 0.0366. The fourth-order valence-corrected chi connectivity index (χ4v) is 13.2. The number of hydrogen-bond donors (Lipinski definition) is 0. The first-order chi connectivity index (χ1) is 41.9. The fourth-order valence-electron chi connectivity index (χ4n) is 13.2. The summed E-state index contributed by atoms with van der Waals surface area (Å²) in [6.45, 7) is 15.3. The summed E-state index contributed by atoms with van der Waals surface area (Å²) in [5.74, 6) is 3.00. The number of para-hydroxylation sites is 1. The van der Waals surface area contributed by atoms with Crippen LogP contribution in [-0.4, -0.2) is 13.2 Å². The molecule has 0 saturated heterocycles. The molecule has 446 valence electrons. The van der Waals surface area contributed by atoms with Crippen LogP contribution in [0.25, 0.3) is 33.4 Å². The Morgan fingerprint density at radius 2 is 0.671 bits per heavy atom. The van der Waals surface area contributed by atoms with Gasteiger partial charge in [0.05, 0.1) is 13.2 Å². The number of fused-ring (bicyclic) bond motifs is 3. The van der Waals surface area contributed by atoms with Crippen LogP contribution in [0.1, 0.15) is 194 Å². The largest absolute Gasteiger partial charge is 0.493 e. The summed E-state index contributed by atoms with van der Waals surface area (Å²) in [6, 6.07) is 72.3. The lowest BCUT2D eigenvalue weighted by Gasteiger charge is -2.33. The first kappa shape index (κ1) is 62.5. The van der Waals surface area contributed by atoms with E-state index in [0.717, 1.165) is 71.7 Å². The van der Waals surface area contributed by atoms with Crippen molar-refractivity contribution in [2.75, 3.05) is 23.0 Å². The van der Waals surface area contributed by atoms with E-state index in [1.807, 2.05) is 0 Å². The van der Waals surface area contributed by atoms with Crippen LogP contribution in [0.4, 0.5) is 34.1 Å². The van der Waals surface area contributed by atoms with Crippen LogP contribution in [0.15, 0.2) is 194 Å². The van der Waals surface area contributed by atoms with Crippen LogP contribution >= 0.6 is 0 Å². The average Bonchev–Trinajstić information content (AvgIpc) is 3.00. The van der Waals surface area contributed by atoms with Crippen molar-refractivity contribution in [3.63, 3.8) is 0 Å². The van der Waals surface area contributed by atoms with Crippen molar-refractivity contribution in [3.05, 3.63) is 205 Å². The number of benzene rings is 8. The van der Waals surface area contributed by atoms with Crippen LogP contribution in [0.3, 0.4) is 0 Å². The van der Waals surface area contributed by atoms with E-state index in [1.165, 1.54) is 162 Å². The van der Waals surface area contributed by atoms with E-state index in [4.69, 9.17) is 9.47 Å². The predicted molar refractivity (Wildman–Crippen MR) is 366 cm³/mol. The summed E-state index contributed by atoms with van der Waals surface area (Å²) >= 11 is 0. The van der Waals surface area contributed by atoms with Crippen molar-refractivity contribution in [1.82, 2.24) is 0 Å². The van der Waals surface area contributed by atoms with E-state index in [9.17, 15) is 0 Å². The summed E-state index contributed by atoms with van der Waals surface area (Å²) in [6.07, 6.45) is 27.9. The molecular formula is C81H100N2O2. The molecule has 0 aromatic heterocycles. The maximum atomic E-state index is 6.46. The van der Waals surface area contributed by atoms with Gasteiger partial charge in [-0.25, -0.2) is 0 Å². The number of ether oxygens (including phenoxy) is 2. The van der Waals surface area contributed by atoms with Crippen molar-refractivity contribution in [3.8, 4) is 44.9 Å². The van der Waals surface area contributed by atoms with Gasteiger partial charge in [0.15, 0.2) is 0 Å². The van der Waals surface area contributed by atoms with Gasteiger partial charge < -0.3 is 19.3 Å². The van der Waals surface area contributed by atoms with Gasteiger partial charge in [-0.3, -0.25) is 0 Å². The SMILES string of the molecule is CCCCCCCCC1(CCCCCCCC)c2ccccc2-c2ccc(-c3ccc(N(c4ccc(OCC(CC)CCCC)cc4)c4ccc(-c5ccc(N(c6ccccc6)c6ccc(OCC(CC)CCCC)cc6)cc5)cc4)cc3)cc21. The Balaban J connectivity index is 0.991. The zero-order valence-electron chi connectivity index (χ0n) is 52.8. The number of rotatable bonds is 36. The highest BCUT2D eigenvalue weighted by molar-refractivity contribution is 5.86. The molecule has 0 fully saturated rings. The monoisotopic (exact) mass is 1130 g/mol. The minimum Gasteiger partial charge on any atom is -0.493 e. The first-order valence-electron chi connectivity index (χ1n) is 33.6. The summed E-state index contributed by atoms with van der Waals surface area (Å²) in [5.41, 5.74) is 17.6. The number of nitrogens with zero attached hydrogens (tertiary/aromatic N) is 2. The molecule has 0 amide bonds. The highest BCUT2D eigenvalue weighted by atomic mass is 16.5. The zero-order valence-corrected chi connectivity index (χ0v) is 52.8. The molecular weight excluding hydrogens is 1030 g/mol. The van der Waals surface area contributed by atoms with E-state index in [-0.39, 0.29) is 5.41 Å². The second kappa shape index (κ2) is 32.5. The molecule has 8 aromatic carbocycles. The van der Waals surface area contributed by atoms with Crippen LogP contribution in [-0.2, 0) is 5.41 Å². The molecule has 0 N–H and O–H groups in total. The zero-order chi connectivity index (χ0) is 59.1. The molecule has 0 heterocycles. The van der Waals surface area contributed by atoms with E-state index in [1.54, 1.807) is 11.1 Å². The summed E-state index contributed by atoms with van der Waals surface area (Å²) in [7, 11) is 0. The lowest BCUT2D eigenvalue weighted by Crippen LogP contribution is -2.25.